The van der Waals surface area contributed by atoms with Gasteiger partial charge < -0.3 is 14.8 Å². The number of benzene rings is 1. The lowest BCUT2D eigenvalue weighted by Crippen LogP contribution is -2.43. The molecule has 7 heteroatoms. The first-order valence-electron chi connectivity index (χ1n) is 7.71. The second-order valence-electron chi connectivity index (χ2n) is 5.51. The number of amides is 1. The van der Waals surface area contributed by atoms with Crippen molar-refractivity contribution >= 4 is 17.5 Å². The molecule has 2 heterocycles. The van der Waals surface area contributed by atoms with Crippen LogP contribution in [0, 0.1) is 0 Å². The Morgan fingerprint density at radius 1 is 1.33 bits per heavy atom. The van der Waals surface area contributed by atoms with Crippen LogP contribution in [0.2, 0.25) is 5.02 Å². The molecule has 1 saturated heterocycles. The number of aromatic nitrogens is 2. The highest BCUT2D eigenvalue weighted by molar-refractivity contribution is 6.30. The van der Waals surface area contributed by atoms with Gasteiger partial charge in [0.25, 0.3) is 5.91 Å². The van der Waals surface area contributed by atoms with Crippen molar-refractivity contribution in [2.75, 3.05) is 13.7 Å². The second kappa shape index (κ2) is 7.59. The van der Waals surface area contributed by atoms with E-state index in [0.717, 1.165) is 18.4 Å². The number of halogens is 1. The van der Waals surface area contributed by atoms with Crippen molar-refractivity contribution < 1.29 is 14.3 Å². The van der Waals surface area contributed by atoms with E-state index < -0.39 is 0 Å². The van der Waals surface area contributed by atoms with Gasteiger partial charge in [-0.15, -0.1) is 0 Å². The summed E-state index contributed by atoms with van der Waals surface area (Å²) in [7, 11) is 1.50. The molecule has 0 radical (unpaired) electrons. The van der Waals surface area contributed by atoms with E-state index in [1.54, 1.807) is 0 Å². The van der Waals surface area contributed by atoms with Crippen LogP contribution >= 0.6 is 11.6 Å². The molecule has 0 aliphatic carbocycles. The highest BCUT2D eigenvalue weighted by Gasteiger charge is 2.29. The van der Waals surface area contributed by atoms with Crippen LogP contribution in [0.1, 0.15) is 35.0 Å². The maximum absolute atomic E-state index is 12.5. The van der Waals surface area contributed by atoms with Crippen LogP contribution in [0.5, 0.6) is 5.88 Å². The number of ether oxygens (including phenoxy) is 2. The fraction of sp³-hybridized carbons (Fsp3) is 0.353. The lowest BCUT2D eigenvalue weighted by molar-refractivity contribution is -0.00951. The van der Waals surface area contributed by atoms with Crippen molar-refractivity contribution in [1.82, 2.24) is 15.3 Å². The zero-order valence-corrected chi connectivity index (χ0v) is 14.0. The van der Waals surface area contributed by atoms with Crippen LogP contribution < -0.4 is 10.1 Å². The Kier molecular flexibility index (Phi) is 5.27. The molecule has 0 saturated carbocycles. The molecule has 1 N–H and O–H groups in total. The van der Waals surface area contributed by atoms with E-state index in [4.69, 9.17) is 21.1 Å². The van der Waals surface area contributed by atoms with Gasteiger partial charge >= 0.3 is 0 Å². The van der Waals surface area contributed by atoms with Gasteiger partial charge in [-0.25, -0.2) is 9.97 Å². The fourth-order valence-corrected chi connectivity index (χ4v) is 2.85. The summed E-state index contributed by atoms with van der Waals surface area (Å²) in [5.41, 5.74) is 1.26. The molecule has 1 aromatic heterocycles. The lowest BCUT2D eigenvalue weighted by Gasteiger charge is -2.32. The smallest absolute Gasteiger partial charge is 0.270 e. The minimum Gasteiger partial charge on any atom is -0.481 e. The van der Waals surface area contributed by atoms with E-state index in [1.807, 2.05) is 24.3 Å². The summed E-state index contributed by atoms with van der Waals surface area (Å²) in [6.07, 6.45) is 2.83. The molecule has 0 spiro atoms. The molecule has 0 unspecified atom stereocenters. The van der Waals surface area contributed by atoms with E-state index in [1.165, 1.54) is 19.5 Å². The zero-order valence-electron chi connectivity index (χ0n) is 13.2. The van der Waals surface area contributed by atoms with Crippen LogP contribution in [-0.2, 0) is 4.74 Å². The van der Waals surface area contributed by atoms with E-state index in [-0.39, 0.29) is 23.7 Å². The molecule has 1 fully saturated rings. The Bertz CT molecular complexity index is 708. The standard InChI is InChI=1S/C17H18ClN3O3/c1-23-15-9-14(19-10-20-15)17(22)21-13-3-2-8-24-16(13)11-4-6-12(18)7-5-11/h4-7,9-10,13,16H,2-3,8H2,1H3,(H,21,22)/t13-,16+/m0/s1. The van der Waals surface area contributed by atoms with Crippen molar-refractivity contribution in [3.8, 4) is 5.88 Å². The van der Waals surface area contributed by atoms with Gasteiger partial charge in [-0.2, -0.15) is 0 Å². The van der Waals surface area contributed by atoms with Crippen LogP contribution in [0.3, 0.4) is 0 Å². The van der Waals surface area contributed by atoms with Crippen molar-refractivity contribution in [3.05, 3.63) is 52.9 Å². The largest absolute Gasteiger partial charge is 0.481 e. The third kappa shape index (κ3) is 3.83. The first kappa shape index (κ1) is 16.7. The van der Waals surface area contributed by atoms with E-state index in [0.29, 0.717) is 17.5 Å². The number of nitrogens with one attached hydrogen (secondary N) is 1. The molecular formula is C17H18ClN3O3. The monoisotopic (exact) mass is 347 g/mol. The zero-order chi connectivity index (χ0) is 16.9. The van der Waals surface area contributed by atoms with Crippen LogP contribution in [0.25, 0.3) is 0 Å². The van der Waals surface area contributed by atoms with Crippen molar-refractivity contribution in [2.45, 2.75) is 25.0 Å². The maximum atomic E-state index is 12.5. The van der Waals surface area contributed by atoms with Crippen LogP contribution in [0.4, 0.5) is 0 Å². The van der Waals surface area contributed by atoms with E-state index in [2.05, 4.69) is 15.3 Å². The predicted molar refractivity (Wildman–Crippen MR) is 89.2 cm³/mol. The molecule has 1 aliphatic rings. The average Bonchev–Trinajstić information content (AvgIpc) is 2.63. The summed E-state index contributed by atoms with van der Waals surface area (Å²) in [6, 6.07) is 8.87. The number of nitrogens with zero attached hydrogens (tertiary/aromatic N) is 2. The van der Waals surface area contributed by atoms with Gasteiger partial charge in [0.05, 0.1) is 13.2 Å². The number of carbonyl (C=O) groups excluding carboxylic acids is 1. The predicted octanol–water partition coefficient (Wildman–Crippen LogP) is 2.79. The van der Waals surface area contributed by atoms with Crippen molar-refractivity contribution in [1.29, 1.82) is 0 Å². The molecule has 1 amide bonds. The summed E-state index contributed by atoms with van der Waals surface area (Å²) < 4.78 is 10.9. The number of hydrogen-bond acceptors (Lipinski definition) is 5. The van der Waals surface area contributed by atoms with E-state index >= 15 is 0 Å². The summed E-state index contributed by atoms with van der Waals surface area (Å²) in [5.74, 6) is 0.0782. The molecule has 126 valence electrons. The van der Waals surface area contributed by atoms with Crippen molar-refractivity contribution in [2.24, 2.45) is 0 Å². The summed E-state index contributed by atoms with van der Waals surface area (Å²) in [6.45, 7) is 0.668. The lowest BCUT2D eigenvalue weighted by atomic mass is 9.96. The quantitative estimate of drug-likeness (QED) is 0.920. The Morgan fingerprint density at radius 2 is 2.12 bits per heavy atom. The summed E-state index contributed by atoms with van der Waals surface area (Å²) in [5, 5.41) is 3.68. The highest BCUT2D eigenvalue weighted by Crippen LogP contribution is 2.29. The van der Waals surface area contributed by atoms with Gasteiger partial charge in [0.15, 0.2) is 0 Å². The molecule has 1 aliphatic heterocycles. The number of carbonyl (C=O) groups is 1. The normalized spacial score (nSPS) is 20.4. The third-order valence-electron chi connectivity index (χ3n) is 3.92. The SMILES string of the molecule is COc1cc(C(=O)N[C@H]2CCCO[C@@H]2c2ccc(Cl)cc2)ncn1. The highest BCUT2D eigenvalue weighted by atomic mass is 35.5. The topological polar surface area (TPSA) is 73.3 Å². The van der Waals surface area contributed by atoms with Gasteiger partial charge in [-0.3, -0.25) is 4.79 Å². The van der Waals surface area contributed by atoms with Crippen LogP contribution in [-0.4, -0.2) is 35.6 Å². The van der Waals surface area contributed by atoms with Crippen molar-refractivity contribution in [3.63, 3.8) is 0 Å². The molecule has 6 nitrogen and oxygen atoms in total. The Hall–Kier alpha value is -2.18. The molecule has 0 bridgehead atoms. The fourth-order valence-electron chi connectivity index (χ4n) is 2.73. The van der Waals surface area contributed by atoms with Gasteiger partial charge in [-0.1, -0.05) is 23.7 Å². The second-order valence-corrected chi connectivity index (χ2v) is 5.95. The Balaban J connectivity index is 1.75. The summed E-state index contributed by atoms with van der Waals surface area (Å²) >= 11 is 5.94. The molecule has 2 atom stereocenters. The minimum absolute atomic E-state index is 0.131. The first-order chi connectivity index (χ1) is 11.7. The molecule has 2 aromatic rings. The van der Waals surface area contributed by atoms with Gasteiger partial charge in [-0.05, 0) is 30.5 Å². The average molecular weight is 348 g/mol. The number of methoxy groups -OCH3 is 1. The molecular weight excluding hydrogens is 330 g/mol. The number of hydrogen-bond donors (Lipinski definition) is 1. The Morgan fingerprint density at radius 3 is 2.88 bits per heavy atom. The summed E-state index contributed by atoms with van der Waals surface area (Å²) in [4.78, 5) is 20.4. The van der Waals surface area contributed by atoms with Gasteiger partial charge in [0.1, 0.15) is 18.1 Å². The molecule has 24 heavy (non-hydrogen) atoms. The Labute approximate surface area is 145 Å². The van der Waals surface area contributed by atoms with Gasteiger partial charge in [0, 0.05) is 17.7 Å². The first-order valence-corrected chi connectivity index (χ1v) is 8.09. The molecule has 1 aromatic carbocycles. The minimum atomic E-state index is -0.273. The third-order valence-corrected chi connectivity index (χ3v) is 4.17. The van der Waals surface area contributed by atoms with Gasteiger partial charge in [0.2, 0.25) is 5.88 Å². The number of rotatable bonds is 4. The maximum Gasteiger partial charge on any atom is 0.270 e. The molecule has 3 rings (SSSR count). The van der Waals surface area contributed by atoms with E-state index in [9.17, 15) is 4.79 Å². The van der Waals surface area contributed by atoms with Crippen LogP contribution in [0.15, 0.2) is 36.7 Å².